The van der Waals surface area contributed by atoms with Crippen LogP contribution in [-0.4, -0.2) is 22.5 Å². The molecule has 0 radical (unpaired) electrons. The Kier molecular flexibility index (Phi) is 3.46. The molecule has 0 saturated carbocycles. The Labute approximate surface area is 93.9 Å². The molecule has 0 aromatic carbocycles. The molecule has 15 heavy (non-hydrogen) atoms. The zero-order chi connectivity index (χ0) is 10.5. The normalized spacial score (nSPS) is 19.8. The summed E-state index contributed by atoms with van der Waals surface area (Å²) in [5.74, 6) is 1.27. The Bertz CT molecular complexity index is 366. The summed E-state index contributed by atoms with van der Waals surface area (Å²) in [5.41, 5.74) is 1.34. The number of thioether (sulfide) groups is 1. The Balaban J connectivity index is 1.95. The molecule has 1 N–H and O–H groups in total. The minimum absolute atomic E-state index is 0.487. The second-order valence-electron chi connectivity index (χ2n) is 3.53. The van der Waals surface area contributed by atoms with Crippen LogP contribution in [0.1, 0.15) is 18.5 Å². The van der Waals surface area contributed by atoms with E-state index in [1.54, 1.807) is 6.20 Å². The quantitative estimate of drug-likeness (QED) is 0.847. The summed E-state index contributed by atoms with van der Waals surface area (Å²) in [7, 11) is 0. The van der Waals surface area contributed by atoms with Crippen LogP contribution in [0.2, 0.25) is 0 Å². The number of nitrogens with zero attached hydrogens (tertiary/aromatic N) is 2. The van der Waals surface area contributed by atoms with Crippen molar-refractivity contribution in [3.8, 4) is 6.07 Å². The fourth-order valence-electron chi connectivity index (χ4n) is 1.67. The zero-order valence-corrected chi connectivity index (χ0v) is 9.26. The lowest BCUT2D eigenvalue weighted by Crippen LogP contribution is -2.14. The number of hydrogen-bond donors (Lipinski definition) is 1. The minimum Gasteiger partial charge on any atom is -0.382 e. The standard InChI is InChI=1S/C11H13N3S/c12-7-11-10(4-1-5-13-11)14-8-9-3-2-6-15-9/h1,4-5,9,14H,2-3,6,8H2. The molecule has 1 aliphatic rings. The zero-order valence-electron chi connectivity index (χ0n) is 8.44. The summed E-state index contributed by atoms with van der Waals surface area (Å²) >= 11 is 2.01. The monoisotopic (exact) mass is 219 g/mol. The van der Waals surface area contributed by atoms with E-state index >= 15 is 0 Å². The molecule has 78 valence electrons. The maximum Gasteiger partial charge on any atom is 0.163 e. The van der Waals surface area contributed by atoms with Gasteiger partial charge in [0.15, 0.2) is 5.69 Å². The minimum atomic E-state index is 0.487. The SMILES string of the molecule is N#Cc1ncccc1NCC1CCCS1. The molecular weight excluding hydrogens is 206 g/mol. The number of rotatable bonds is 3. The molecule has 2 heterocycles. The Morgan fingerprint density at radius 3 is 3.33 bits per heavy atom. The summed E-state index contributed by atoms with van der Waals surface area (Å²) in [6.45, 7) is 0.936. The average molecular weight is 219 g/mol. The number of nitrogens with one attached hydrogen (secondary N) is 1. The van der Waals surface area contributed by atoms with Crippen molar-refractivity contribution in [3.05, 3.63) is 24.0 Å². The molecule has 3 nitrogen and oxygen atoms in total. The van der Waals surface area contributed by atoms with E-state index in [-0.39, 0.29) is 0 Å². The van der Waals surface area contributed by atoms with Crippen LogP contribution in [-0.2, 0) is 0 Å². The van der Waals surface area contributed by atoms with Gasteiger partial charge >= 0.3 is 0 Å². The van der Waals surface area contributed by atoms with Crippen LogP contribution in [0.3, 0.4) is 0 Å². The summed E-state index contributed by atoms with van der Waals surface area (Å²) in [6, 6.07) is 5.85. The van der Waals surface area contributed by atoms with Gasteiger partial charge in [-0.25, -0.2) is 4.98 Å². The van der Waals surface area contributed by atoms with Gasteiger partial charge in [0.25, 0.3) is 0 Å². The number of pyridine rings is 1. The molecule has 0 amide bonds. The smallest absolute Gasteiger partial charge is 0.163 e. The third-order valence-electron chi connectivity index (χ3n) is 2.46. The summed E-state index contributed by atoms with van der Waals surface area (Å²) in [6.07, 6.45) is 4.24. The summed E-state index contributed by atoms with van der Waals surface area (Å²) in [4.78, 5) is 4.01. The van der Waals surface area contributed by atoms with Crippen LogP contribution in [0.15, 0.2) is 18.3 Å². The molecule has 1 unspecified atom stereocenters. The number of anilines is 1. The van der Waals surface area contributed by atoms with Gasteiger partial charge in [-0.1, -0.05) is 0 Å². The largest absolute Gasteiger partial charge is 0.382 e. The lowest BCUT2D eigenvalue weighted by Gasteiger charge is -2.11. The van der Waals surface area contributed by atoms with Crippen LogP contribution < -0.4 is 5.32 Å². The molecule has 0 bridgehead atoms. The van der Waals surface area contributed by atoms with E-state index in [0.29, 0.717) is 10.9 Å². The number of nitriles is 1. The van der Waals surface area contributed by atoms with Gasteiger partial charge in [-0.05, 0) is 30.7 Å². The summed E-state index contributed by atoms with van der Waals surface area (Å²) in [5, 5.41) is 12.8. The van der Waals surface area contributed by atoms with Crippen molar-refractivity contribution >= 4 is 17.4 Å². The van der Waals surface area contributed by atoms with Gasteiger partial charge in [-0.15, -0.1) is 0 Å². The number of aromatic nitrogens is 1. The Hall–Kier alpha value is -1.21. The highest BCUT2D eigenvalue weighted by Crippen LogP contribution is 2.26. The highest BCUT2D eigenvalue weighted by atomic mass is 32.2. The molecule has 4 heteroatoms. The topological polar surface area (TPSA) is 48.7 Å². The van der Waals surface area contributed by atoms with Crippen molar-refractivity contribution in [2.45, 2.75) is 18.1 Å². The molecule has 1 atom stereocenters. The maximum absolute atomic E-state index is 8.85. The van der Waals surface area contributed by atoms with E-state index in [1.165, 1.54) is 18.6 Å². The molecule has 1 fully saturated rings. The predicted molar refractivity (Wildman–Crippen MR) is 62.9 cm³/mol. The van der Waals surface area contributed by atoms with Crippen LogP contribution in [0.4, 0.5) is 5.69 Å². The first-order chi connectivity index (χ1) is 7.40. The Morgan fingerprint density at radius 1 is 1.67 bits per heavy atom. The van der Waals surface area contributed by atoms with E-state index in [0.717, 1.165) is 12.2 Å². The van der Waals surface area contributed by atoms with Crippen molar-refractivity contribution in [1.29, 1.82) is 5.26 Å². The van der Waals surface area contributed by atoms with Crippen molar-refractivity contribution in [2.75, 3.05) is 17.6 Å². The average Bonchev–Trinajstić information content (AvgIpc) is 2.79. The van der Waals surface area contributed by atoms with Gasteiger partial charge in [-0.3, -0.25) is 0 Å². The fraction of sp³-hybridized carbons (Fsp3) is 0.455. The lowest BCUT2D eigenvalue weighted by molar-refractivity contribution is 0.805. The van der Waals surface area contributed by atoms with Gasteiger partial charge in [0.05, 0.1) is 5.69 Å². The van der Waals surface area contributed by atoms with Crippen molar-refractivity contribution in [3.63, 3.8) is 0 Å². The highest BCUT2D eigenvalue weighted by molar-refractivity contribution is 8.00. The lowest BCUT2D eigenvalue weighted by atomic mass is 10.2. The van der Waals surface area contributed by atoms with E-state index < -0.39 is 0 Å². The molecule has 1 aromatic heterocycles. The first-order valence-corrected chi connectivity index (χ1v) is 6.15. The second-order valence-corrected chi connectivity index (χ2v) is 4.94. The second kappa shape index (κ2) is 5.04. The van der Waals surface area contributed by atoms with Crippen LogP contribution in [0.5, 0.6) is 0 Å². The van der Waals surface area contributed by atoms with Gasteiger partial charge in [-0.2, -0.15) is 17.0 Å². The van der Waals surface area contributed by atoms with Gasteiger partial charge in [0.1, 0.15) is 6.07 Å². The molecule has 0 spiro atoms. The fourth-order valence-corrected chi connectivity index (χ4v) is 2.87. The molecule has 1 aliphatic heterocycles. The van der Waals surface area contributed by atoms with Crippen molar-refractivity contribution in [1.82, 2.24) is 4.98 Å². The van der Waals surface area contributed by atoms with Gasteiger partial charge in [0, 0.05) is 18.0 Å². The molecular formula is C11H13N3S. The first kappa shape index (κ1) is 10.3. The van der Waals surface area contributed by atoms with Crippen LogP contribution >= 0.6 is 11.8 Å². The first-order valence-electron chi connectivity index (χ1n) is 5.11. The van der Waals surface area contributed by atoms with Crippen LogP contribution in [0, 0.1) is 11.3 Å². The maximum atomic E-state index is 8.85. The third kappa shape index (κ3) is 2.63. The molecule has 1 aromatic rings. The van der Waals surface area contributed by atoms with Gasteiger partial charge in [0.2, 0.25) is 0 Å². The van der Waals surface area contributed by atoms with E-state index in [9.17, 15) is 0 Å². The van der Waals surface area contributed by atoms with Crippen molar-refractivity contribution < 1.29 is 0 Å². The summed E-state index contributed by atoms with van der Waals surface area (Å²) < 4.78 is 0. The Morgan fingerprint density at radius 2 is 2.60 bits per heavy atom. The highest BCUT2D eigenvalue weighted by Gasteiger charge is 2.15. The van der Waals surface area contributed by atoms with E-state index in [1.807, 2.05) is 23.9 Å². The predicted octanol–water partition coefficient (Wildman–Crippen LogP) is 2.26. The third-order valence-corrected chi connectivity index (χ3v) is 3.86. The van der Waals surface area contributed by atoms with Crippen LogP contribution in [0.25, 0.3) is 0 Å². The van der Waals surface area contributed by atoms with Gasteiger partial charge < -0.3 is 5.32 Å². The molecule has 2 rings (SSSR count). The number of hydrogen-bond acceptors (Lipinski definition) is 4. The van der Waals surface area contributed by atoms with Crippen molar-refractivity contribution in [2.24, 2.45) is 0 Å². The van der Waals surface area contributed by atoms with E-state index in [2.05, 4.69) is 16.4 Å². The molecule has 1 saturated heterocycles. The van der Waals surface area contributed by atoms with E-state index in [4.69, 9.17) is 5.26 Å². The molecule has 0 aliphatic carbocycles.